The van der Waals surface area contributed by atoms with Gasteiger partial charge in [-0.25, -0.2) is 8.42 Å². The van der Waals surface area contributed by atoms with Gasteiger partial charge in [0.05, 0.1) is 3.79 Å². The van der Waals surface area contributed by atoms with Crippen LogP contribution in [-0.4, -0.2) is 8.42 Å². The number of benzene rings is 1. The van der Waals surface area contributed by atoms with Crippen molar-refractivity contribution in [2.75, 3.05) is 10.5 Å². The van der Waals surface area contributed by atoms with E-state index in [1.165, 1.54) is 11.3 Å². The maximum atomic E-state index is 12.1. The number of thiophene rings is 1. The van der Waals surface area contributed by atoms with Gasteiger partial charge >= 0.3 is 0 Å². The van der Waals surface area contributed by atoms with Crippen LogP contribution in [0.15, 0.2) is 38.3 Å². The van der Waals surface area contributed by atoms with Crippen LogP contribution < -0.4 is 10.5 Å². The summed E-state index contributed by atoms with van der Waals surface area (Å²) < 4.78 is 27.8. The van der Waals surface area contributed by atoms with Gasteiger partial charge in [-0.1, -0.05) is 0 Å². The molecular weight excluding hydrogens is 336 g/mol. The molecule has 0 aliphatic carbocycles. The van der Waals surface area contributed by atoms with E-state index in [-0.39, 0.29) is 4.21 Å². The summed E-state index contributed by atoms with van der Waals surface area (Å²) >= 11 is 4.50. The highest BCUT2D eigenvalue weighted by molar-refractivity contribution is 9.11. The van der Waals surface area contributed by atoms with Gasteiger partial charge in [-0.2, -0.15) is 0 Å². The Kier molecular flexibility index (Phi) is 3.65. The highest BCUT2D eigenvalue weighted by atomic mass is 79.9. The second kappa shape index (κ2) is 4.91. The third-order valence-electron chi connectivity index (χ3n) is 2.26. The molecule has 3 N–H and O–H groups in total. The normalized spacial score (nSPS) is 11.4. The van der Waals surface area contributed by atoms with Crippen molar-refractivity contribution < 1.29 is 8.42 Å². The van der Waals surface area contributed by atoms with Crippen LogP contribution in [0.4, 0.5) is 11.4 Å². The number of halogens is 1. The van der Waals surface area contributed by atoms with Gasteiger partial charge in [-0.05, 0) is 58.7 Å². The lowest BCUT2D eigenvalue weighted by Crippen LogP contribution is -2.11. The molecule has 0 aliphatic rings. The maximum absolute atomic E-state index is 12.1. The first kappa shape index (κ1) is 13.4. The van der Waals surface area contributed by atoms with Crippen LogP contribution in [0.1, 0.15) is 5.56 Å². The minimum Gasteiger partial charge on any atom is -0.399 e. The van der Waals surface area contributed by atoms with Gasteiger partial charge in [-0.3, -0.25) is 4.72 Å². The molecule has 0 fully saturated rings. The van der Waals surface area contributed by atoms with Crippen LogP contribution in [0, 0.1) is 6.92 Å². The molecule has 1 aromatic heterocycles. The minimum atomic E-state index is -3.53. The number of hydrogen-bond donors (Lipinski definition) is 2. The number of nitrogen functional groups attached to an aromatic ring is 1. The molecule has 96 valence electrons. The molecule has 0 spiro atoms. The zero-order valence-corrected chi connectivity index (χ0v) is 12.7. The minimum absolute atomic E-state index is 0.281. The Balaban J connectivity index is 2.29. The molecule has 0 bridgehead atoms. The topological polar surface area (TPSA) is 72.2 Å². The standard InChI is InChI=1S/C11H11BrN2O2S2/c1-7-6-10(17-11(7)12)18(15,16)14-9-4-2-8(13)3-5-9/h2-6,14H,13H2,1H3. The smallest absolute Gasteiger partial charge is 0.271 e. The lowest BCUT2D eigenvalue weighted by molar-refractivity contribution is 0.603. The van der Waals surface area contributed by atoms with E-state index in [0.29, 0.717) is 11.4 Å². The lowest BCUT2D eigenvalue weighted by atomic mass is 10.3. The van der Waals surface area contributed by atoms with Gasteiger partial charge in [0.1, 0.15) is 4.21 Å². The van der Waals surface area contributed by atoms with Gasteiger partial charge in [0, 0.05) is 11.4 Å². The van der Waals surface area contributed by atoms with Crippen molar-refractivity contribution >= 4 is 48.7 Å². The highest BCUT2D eigenvalue weighted by Crippen LogP contribution is 2.31. The van der Waals surface area contributed by atoms with Crippen molar-refractivity contribution in [1.82, 2.24) is 0 Å². The summed E-state index contributed by atoms with van der Waals surface area (Å²) in [5.41, 5.74) is 7.53. The average Bonchev–Trinajstić information content (AvgIpc) is 2.63. The lowest BCUT2D eigenvalue weighted by Gasteiger charge is -2.06. The fourth-order valence-corrected chi connectivity index (χ4v) is 4.60. The van der Waals surface area contributed by atoms with E-state index in [0.717, 1.165) is 9.35 Å². The number of sulfonamides is 1. The monoisotopic (exact) mass is 346 g/mol. The molecule has 0 amide bonds. The number of hydrogen-bond acceptors (Lipinski definition) is 4. The molecule has 1 aromatic carbocycles. The molecule has 0 saturated heterocycles. The Morgan fingerprint density at radius 1 is 1.28 bits per heavy atom. The predicted molar refractivity (Wildman–Crippen MR) is 78.4 cm³/mol. The predicted octanol–water partition coefficient (Wildman–Crippen LogP) is 3.20. The van der Waals surface area contributed by atoms with Gasteiger partial charge in [0.25, 0.3) is 10.0 Å². The van der Waals surface area contributed by atoms with Crippen LogP contribution >= 0.6 is 27.3 Å². The fourth-order valence-electron chi connectivity index (χ4n) is 1.32. The SMILES string of the molecule is Cc1cc(S(=O)(=O)Nc2ccc(N)cc2)sc1Br. The zero-order valence-electron chi connectivity index (χ0n) is 9.48. The fraction of sp³-hybridized carbons (Fsp3) is 0.0909. The molecule has 0 unspecified atom stereocenters. The first-order chi connectivity index (χ1) is 8.38. The summed E-state index contributed by atoms with van der Waals surface area (Å²) in [6, 6.07) is 8.18. The molecule has 0 saturated carbocycles. The van der Waals surface area contributed by atoms with Gasteiger partial charge in [0.15, 0.2) is 0 Å². The summed E-state index contributed by atoms with van der Waals surface area (Å²) in [6.07, 6.45) is 0. The average molecular weight is 347 g/mol. The summed E-state index contributed by atoms with van der Waals surface area (Å²) in [5.74, 6) is 0. The summed E-state index contributed by atoms with van der Waals surface area (Å²) in [6.45, 7) is 1.85. The largest absolute Gasteiger partial charge is 0.399 e. The third-order valence-corrected chi connectivity index (χ3v) is 6.25. The summed E-state index contributed by atoms with van der Waals surface area (Å²) in [4.78, 5) is 0. The summed E-state index contributed by atoms with van der Waals surface area (Å²) in [5, 5.41) is 0. The molecule has 2 aromatic rings. The van der Waals surface area contributed by atoms with Crippen LogP contribution in [0.5, 0.6) is 0 Å². The molecule has 0 aliphatic heterocycles. The van der Waals surface area contributed by atoms with Crippen molar-refractivity contribution in [3.8, 4) is 0 Å². The van der Waals surface area contributed by atoms with Gasteiger partial charge in [0.2, 0.25) is 0 Å². The summed E-state index contributed by atoms with van der Waals surface area (Å²) in [7, 11) is -3.53. The molecular formula is C11H11BrN2O2S2. The van der Waals surface area contributed by atoms with E-state index in [9.17, 15) is 8.42 Å². The molecule has 0 radical (unpaired) electrons. The van der Waals surface area contributed by atoms with E-state index in [1.807, 2.05) is 6.92 Å². The van der Waals surface area contributed by atoms with E-state index in [2.05, 4.69) is 20.7 Å². The van der Waals surface area contributed by atoms with Crippen LogP contribution in [0.25, 0.3) is 0 Å². The molecule has 4 nitrogen and oxygen atoms in total. The Morgan fingerprint density at radius 3 is 2.39 bits per heavy atom. The second-order valence-electron chi connectivity index (χ2n) is 3.75. The van der Waals surface area contributed by atoms with Crippen LogP contribution in [0.2, 0.25) is 0 Å². The third kappa shape index (κ3) is 2.85. The molecule has 0 atom stereocenters. The Morgan fingerprint density at radius 2 is 1.89 bits per heavy atom. The van der Waals surface area contributed by atoms with Crippen molar-refractivity contribution in [1.29, 1.82) is 0 Å². The quantitative estimate of drug-likeness (QED) is 0.838. The van der Waals surface area contributed by atoms with Crippen LogP contribution in [0.3, 0.4) is 0 Å². The number of rotatable bonds is 3. The Labute approximate surface area is 118 Å². The Hall–Kier alpha value is -1.05. The number of nitrogens with one attached hydrogen (secondary N) is 1. The molecule has 2 rings (SSSR count). The number of nitrogens with two attached hydrogens (primary N) is 1. The zero-order chi connectivity index (χ0) is 13.3. The van der Waals surface area contributed by atoms with Gasteiger partial charge in [-0.15, -0.1) is 11.3 Å². The maximum Gasteiger partial charge on any atom is 0.271 e. The highest BCUT2D eigenvalue weighted by Gasteiger charge is 2.18. The second-order valence-corrected chi connectivity index (χ2v) is 8.03. The van der Waals surface area contributed by atoms with Crippen molar-refractivity contribution in [3.63, 3.8) is 0 Å². The van der Waals surface area contributed by atoms with Gasteiger partial charge < -0.3 is 5.73 Å². The van der Waals surface area contributed by atoms with E-state index in [1.54, 1.807) is 30.3 Å². The first-order valence-electron chi connectivity index (χ1n) is 5.03. The van der Waals surface area contributed by atoms with Crippen molar-refractivity contribution in [3.05, 3.63) is 39.7 Å². The van der Waals surface area contributed by atoms with Crippen molar-refractivity contribution in [2.45, 2.75) is 11.1 Å². The van der Waals surface area contributed by atoms with E-state index < -0.39 is 10.0 Å². The van der Waals surface area contributed by atoms with E-state index in [4.69, 9.17) is 5.73 Å². The van der Waals surface area contributed by atoms with Crippen molar-refractivity contribution in [2.24, 2.45) is 0 Å². The molecule has 18 heavy (non-hydrogen) atoms. The molecule has 7 heteroatoms. The van der Waals surface area contributed by atoms with E-state index >= 15 is 0 Å². The first-order valence-corrected chi connectivity index (χ1v) is 8.12. The Bertz CT molecular complexity index is 643. The molecule has 1 heterocycles. The van der Waals surface area contributed by atoms with Crippen LogP contribution in [-0.2, 0) is 10.0 Å². The number of anilines is 2. The number of aryl methyl sites for hydroxylation is 1.